The van der Waals surface area contributed by atoms with Crippen LogP contribution in [0.2, 0.25) is 0 Å². The second-order valence-electron chi connectivity index (χ2n) is 20.4. The third kappa shape index (κ3) is 6.01. The number of hydrogen-bond acceptors (Lipinski definition) is 12. The molecule has 2 saturated heterocycles. The maximum Gasteiger partial charge on any atom is 0.335 e. The lowest BCUT2D eigenvalue weighted by molar-refractivity contribution is -0.362. The van der Waals surface area contributed by atoms with E-state index in [0.717, 1.165) is 38.4 Å². The molecule has 0 radical (unpaired) electrons. The van der Waals surface area contributed by atoms with Crippen molar-refractivity contribution in [2.24, 2.45) is 50.2 Å². The van der Waals surface area contributed by atoms with Gasteiger partial charge in [-0.1, -0.05) is 53.2 Å². The van der Waals surface area contributed by atoms with E-state index in [1.54, 1.807) is 0 Å². The molecule has 2 aliphatic heterocycles. The first-order chi connectivity index (χ1) is 26.0. The van der Waals surface area contributed by atoms with Crippen LogP contribution in [0.5, 0.6) is 0 Å². The molecule has 7 N–H and O–H groups in total. The monoisotopic (exact) mass is 792 g/mol. The normalized spacial score (nSPS) is 54.0. The average Bonchev–Trinajstić information content (AvgIpc) is 3.13. The summed E-state index contributed by atoms with van der Waals surface area (Å²) >= 11 is 0. The van der Waals surface area contributed by atoms with Gasteiger partial charge < -0.3 is 59.5 Å². The number of hydrogen-bond donors (Lipinski definition) is 7. The Bertz CT molecular complexity index is 1600. The summed E-state index contributed by atoms with van der Waals surface area (Å²) in [5.41, 5.74) is -1.14. The van der Waals surface area contributed by atoms with E-state index in [2.05, 4.69) is 40.7 Å². The molecular weight excluding hydrogens is 728 g/mol. The van der Waals surface area contributed by atoms with Crippen LogP contribution in [0, 0.1) is 50.2 Å². The highest BCUT2D eigenvalue weighted by molar-refractivity contribution is 5.76. The molecule has 0 aromatic carbocycles. The van der Waals surface area contributed by atoms with Crippen LogP contribution < -0.4 is 0 Å². The molecule has 4 saturated carbocycles. The number of carboxylic acids is 2. The number of rotatable bonds is 7. The van der Waals surface area contributed by atoms with Crippen LogP contribution in [0.15, 0.2) is 11.6 Å². The van der Waals surface area contributed by atoms with Gasteiger partial charge in [-0.25, -0.2) is 4.79 Å². The number of carbonyl (C=O) groups excluding carboxylic acids is 1. The number of carboxylic acid groups (broad SMARTS) is 2. The predicted octanol–water partition coefficient (Wildman–Crippen LogP) is 3.18. The largest absolute Gasteiger partial charge is 0.481 e. The van der Waals surface area contributed by atoms with Gasteiger partial charge in [0.1, 0.15) is 42.9 Å². The van der Waals surface area contributed by atoms with Gasteiger partial charge in [0.15, 0.2) is 18.7 Å². The predicted molar refractivity (Wildman–Crippen MR) is 197 cm³/mol. The summed E-state index contributed by atoms with van der Waals surface area (Å²) < 4.78 is 23.4. The van der Waals surface area contributed by atoms with E-state index >= 15 is 0 Å². The highest BCUT2D eigenvalue weighted by Gasteiger charge is 2.70. The van der Waals surface area contributed by atoms with Crippen molar-refractivity contribution in [1.82, 2.24) is 0 Å². The SMILES string of the molecule is C[C@@H]1O[C@@H](O[C@@H]2[C@@H](O)[C@@H](O[C@H]3CC[C@]4(C)[C@H]5CC=C6[C@@H]7CC(C)(C)CC[C@]7(C(=O)O)CC[C@@]6(C)[C@]5(C)CC[C@H]4[C@]3(C)C=O)O[C@H](C(=O)O)[C@H]2O)[C@H](O)[C@@H](O)[C@H]1O. The Morgan fingerprint density at radius 1 is 0.768 bits per heavy atom. The maximum atomic E-state index is 13.4. The van der Waals surface area contributed by atoms with E-state index in [4.69, 9.17) is 18.9 Å². The van der Waals surface area contributed by atoms with Crippen molar-refractivity contribution in [2.45, 2.75) is 180 Å². The lowest BCUT2D eigenvalue weighted by Crippen LogP contribution is -2.67. The van der Waals surface area contributed by atoms with Crippen LogP contribution in [0.1, 0.15) is 113 Å². The summed E-state index contributed by atoms with van der Waals surface area (Å²) in [4.78, 5) is 38.8. The molecule has 0 aromatic rings. The Kier molecular flexibility index (Phi) is 10.6. The van der Waals surface area contributed by atoms with Crippen LogP contribution in [0.3, 0.4) is 0 Å². The summed E-state index contributed by atoms with van der Waals surface area (Å²) in [6.07, 6.45) is -6.80. The third-order valence-corrected chi connectivity index (χ3v) is 17.2. The molecule has 2 heterocycles. The van der Waals surface area contributed by atoms with Crippen LogP contribution >= 0.6 is 0 Å². The maximum absolute atomic E-state index is 13.4. The van der Waals surface area contributed by atoms with Crippen molar-refractivity contribution in [3.8, 4) is 0 Å². The van der Waals surface area contributed by atoms with Gasteiger partial charge in [-0.3, -0.25) is 4.79 Å². The van der Waals surface area contributed by atoms with Crippen LogP contribution in [-0.2, 0) is 33.3 Å². The first-order valence-corrected chi connectivity index (χ1v) is 20.7. The minimum absolute atomic E-state index is 0.0222. The van der Waals surface area contributed by atoms with Gasteiger partial charge >= 0.3 is 11.9 Å². The van der Waals surface area contributed by atoms with Gasteiger partial charge in [0, 0.05) is 0 Å². The quantitative estimate of drug-likeness (QED) is 0.112. The van der Waals surface area contributed by atoms with Crippen molar-refractivity contribution in [3.63, 3.8) is 0 Å². The van der Waals surface area contributed by atoms with Crippen molar-refractivity contribution in [2.75, 3.05) is 0 Å². The van der Waals surface area contributed by atoms with Crippen LogP contribution in [0.4, 0.5) is 0 Å². The number of carbonyl (C=O) groups is 3. The minimum atomic E-state index is -1.94. The first kappa shape index (κ1) is 42.1. The molecule has 19 atom stereocenters. The molecule has 14 heteroatoms. The molecule has 0 amide bonds. The molecule has 5 aliphatic carbocycles. The highest BCUT2D eigenvalue weighted by atomic mass is 16.7. The Morgan fingerprint density at radius 3 is 2.07 bits per heavy atom. The standard InChI is InChI=1S/C42H64O14/c1-20-26(44)27(45)28(46)34(53-20)55-31-29(47)32(33(49)50)56-35(30(31)48)54-25-11-12-38(4)23(39(25,5)19-43)10-13-41(7)24(38)9-8-21-22-18-37(2,3)14-16-42(22,36(51)52)17-15-40(21,41)6/h8,19-20,22-32,34-35,44-48H,9-18H2,1-7H3,(H,49,50)(H,51,52)/t20-,22-,23+,24+,25-,26-,27-,28+,29-,30+,31-,32-,34-,35-,38-,39-,40+,41+,42-/m0/s1. The fraction of sp³-hybridized carbons (Fsp3) is 0.881. The zero-order chi connectivity index (χ0) is 41.1. The van der Waals surface area contributed by atoms with E-state index in [-0.39, 0.29) is 39.4 Å². The zero-order valence-corrected chi connectivity index (χ0v) is 33.8. The number of fused-ring (bicyclic) bond motifs is 7. The Morgan fingerprint density at radius 2 is 1.43 bits per heavy atom. The summed E-state index contributed by atoms with van der Waals surface area (Å²) in [5.74, 6) is -2.21. The van der Waals surface area contributed by atoms with Crippen LogP contribution in [-0.4, -0.2) is 121 Å². The first-order valence-electron chi connectivity index (χ1n) is 20.7. The molecule has 56 heavy (non-hydrogen) atoms. The third-order valence-electron chi connectivity index (χ3n) is 17.2. The summed E-state index contributed by atoms with van der Waals surface area (Å²) in [5, 5.41) is 74.3. The number of aldehydes is 1. The number of aliphatic hydroxyl groups is 5. The topological polar surface area (TPSA) is 230 Å². The van der Waals surface area contributed by atoms with Gasteiger partial charge in [-0.05, 0) is 111 Å². The number of allylic oxidation sites excluding steroid dienone is 2. The fourth-order valence-electron chi connectivity index (χ4n) is 13.5. The number of ether oxygens (including phenoxy) is 4. The lowest BCUT2D eigenvalue weighted by atomic mass is 9.33. The van der Waals surface area contributed by atoms with Gasteiger partial charge in [0.2, 0.25) is 0 Å². The smallest absolute Gasteiger partial charge is 0.335 e. The van der Waals surface area contributed by atoms with Crippen LogP contribution in [0.25, 0.3) is 0 Å². The van der Waals surface area contributed by atoms with Crippen molar-refractivity contribution in [1.29, 1.82) is 0 Å². The van der Waals surface area contributed by atoms with Gasteiger partial charge in [-0.15, -0.1) is 0 Å². The number of aliphatic carboxylic acids is 2. The summed E-state index contributed by atoms with van der Waals surface area (Å²) in [6.45, 7) is 14.8. The molecule has 0 spiro atoms. The molecule has 7 rings (SSSR count). The van der Waals surface area contributed by atoms with E-state index in [9.17, 15) is 50.1 Å². The molecule has 7 aliphatic rings. The summed E-state index contributed by atoms with van der Waals surface area (Å²) in [6, 6.07) is 0. The molecule has 6 fully saturated rings. The molecule has 0 unspecified atom stereocenters. The molecule has 0 aromatic heterocycles. The van der Waals surface area contributed by atoms with Gasteiger partial charge in [0.05, 0.1) is 23.0 Å². The van der Waals surface area contributed by atoms with E-state index in [1.165, 1.54) is 12.5 Å². The lowest BCUT2D eigenvalue weighted by Gasteiger charge is -2.71. The van der Waals surface area contributed by atoms with E-state index < -0.39 is 90.3 Å². The van der Waals surface area contributed by atoms with Crippen molar-refractivity contribution < 1.29 is 69.1 Å². The molecule has 14 nitrogen and oxygen atoms in total. The van der Waals surface area contributed by atoms with Gasteiger partial charge in [0.25, 0.3) is 0 Å². The Labute approximate surface area is 328 Å². The summed E-state index contributed by atoms with van der Waals surface area (Å²) in [7, 11) is 0. The average molecular weight is 793 g/mol. The molecular formula is C42H64O14. The number of aliphatic hydroxyl groups excluding tert-OH is 5. The zero-order valence-electron chi connectivity index (χ0n) is 33.8. The van der Waals surface area contributed by atoms with Gasteiger partial charge in [-0.2, -0.15) is 0 Å². The second kappa shape index (κ2) is 14.0. The highest BCUT2D eigenvalue weighted by Crippen LogP contribution is 2.75. The minimum Gasteiger partial charge on any atom is -0.481 e. The van der Waals surface area contributed by atoms with E-state index in [1.807, 2.05) is 6.92 Å². The van der Waals surface area contributed by atoms with Crippen molar-refractivity contribution >= 4 is 18.2 Å². The second-order valence-corrected chi connectivity index (χ2v) is 20.4. The Hall–Kier alpha value is -2.01. The molecule has 0 bridgehead atoms. The van der Waals surface area contributed by atoms with E-state index in [0.29, 0.717) is 32.1 Å². The fourth-order valence-corrected chi connectivity index (χ4v) is 13.5. The molecule has 316 valence electrons. The Balaban J connectivity index is 1.15. The van der Waals surface area contributed by atoms with Crippen molar-refractivity contribution in [3.05, 3.63) is 11.6 Å².